The topological polar surface area (TPSA) is 237 Å². The largest absolute Gasteiger partial charge is 0.472 e. The van der Waals surface area contributed by atoms with Gasteiger partial charge in [0, 0.05) is 25.7 Å². The third-order valence-electron chi connectivity index (χ3n) is 18.1. The van der Waals surface area contributed by atoms with Gasteiger partial charge in [0.25, 0.3) is 0 Å². The lowest BCUT2D eigenvalue weighted by Crippen LogP contribution is -2.30. The van der Waals surface area contributed by atoms with Crippen molar-refractivity contribution in [1.29, 1.82) is 0 Å². The highest BCUT2D eigenvalue weighted by molar-refractivity contribution is 7.47. The second kappa shape index (κ2) is 68.5. The SMILES string of the molecule is CCCCCCCCCCCCCCCCCCC(=O)OC[C@H](COP(=O)(O)OC[C@@H](O)COP(=O)(O)OC[C@@H](COC(=O)CCCCCCCCCC(C)C)OC(=O)CCCCCCCCCCCCC(C)C)OC(=O)CCCCCCCCCCCCCCCCCC(C)C. The first-order valence-electron chi connectivity index (χ1n) is 40.3. The number of ether oxygens (including phenoxy) is 4. The summed E-state index contributed by atoms with van der Waals surface area (Å²) in [6.45, 7) is 11.9. The zero-order chi connectivity index (χ0) is 71.6. The molecule has 0 aliphatic rings. The molecule has 0 aliphatic carbocycles. The molecule has 97 heavy (non-hydrogen) atoms. The molecule has 5 atom stereocenters. The molecule has 0 radical (unpaired) electrons. The summed E-state index contributed by atoms with van der Waals surface area (Å²) in [6, 6.07) is 0. The first-order chi connectivity index (χ1) is 46.7. The summed E-state index contributed by atoms with van der Waals surface area (Å²) in [5.74, 6) is 0.144. The molecule has 0 aliphatic heterocycles. The van der Waals surface area contributed by atoms with E-state index in [0.717, 1.165) is 108 Å². The van der Waals surface area contributed by atoms with E-state index in [-0.39, 0.29) is 25.7 Å². The van der Waals surface area contributed by atoms with Gasteiger partial charge < -0.3 is 33.8 Å². The minimum atomic E-state index is -4.96. The maximum atomic E-state index is 13.1. The molecule has 0 fully saturated rings. The molecule has 0 bridgehead atoms. The molecule has 0 saturated heterocycles. The number of hydrogen-bond acceptors (Lipinski definition) is 15. The fourth-order valence-electron chi connectivity index (χ4n) is 12.0. The zero-order valence-electron chi connectivity index (χ0n) is 63.5. The predicted octanol–water partition coefficient (Wildman–Crippen LogP) is 23.0. The third kappa shape index (κ3) is 72.2. The van der Waals surface area contributed by atoms with Crippen molar-refractivity contribution in [2.45, 2.75) is 420 Å². The van der Waals surface area contributed by atoms with Gasteiger partial charge in [0.2, 0.25) is 0 Å². The lowest BCUT2D eigenvalue weighted by Gasteiger charge is -2.21. The summed E-state index contributed by atoms with van der Waals surface area (Å²) in [5, 5.41) is 10.6. The molecule has 0 rings (SSSR count). The highest BCUT2D eigenvalue weighted by Crippen LogP contribution is 2.45. The van der Waals surface area contributed by atoms with E-state index in [1.165, 1.54) is 205 Å². The Morgan fingerprint density at radius 2 is 0.474 bits per heavy atom. The Hall–Kier alpha value is -1.94. The molecule has 0 amide bonds. The maximum Gasteiger partial charge on any atom is 0.472 e. The maximum absolute atomic E-state index is 13.1. The third-order valence-corrected chi connectivity index (χ3v) is 20.0. The van der Waals surface area contributed by atoms with Crippen LogP contribution in [-0.2, 0) is 65.4 Å². The summed E-state index contributed by atoms with van der Waals surface area (Å²) in [5.41, 5.74) is 0. The molecule has 19 heteroatoms. The van der Waals surface area contributed by atoms with Gasteiger partial charge in [-0.05, 0) is 43.4 Å². The molecule has 2 unspecified atom stereocenters. The summed E-state index contributed by atoms with van der Waals surface area (Å²) in [6.07, 6.45) is 55.6. The Kier molecular flexibility index (Phi) is 67.1. The van der Waals surface area contributed by atoms with Gasteiger partial charge in [-0.25, -0.2) is 9.13 Å². The number of rotatable bonds is 76. The number of esters is 4. The molecule has 17 nitrogen and oxygen atoms in total. The summed E-state index contributed by atoms with van der Waals surface area (Å²) < 4.78 is 68.6. The molecule has 0 aromatic carbocycles. The second-order valence-electron chi connectivity index (χ2n) is 29.5. The molecule has 0 spiro atoms. The van der Waals surface area contributed by atoms with Crippen LogP contribution >= 0.6 is 15.6 Å². The lowest BCUT2D eigenvalue weighted by atomic mass is 10.0. The van der Waals surface area contributed by atoms with E-state index >= 15 is 0 Å². The van der Waals surface area contributed by atoms with Gasteiger partial charge in [-0.15, -0.1) is 0 Å². The van der Waals surface area contributed by atoms with Crippen molar-refractivity contribution in [2.24, 2.45) is 17.8 Å². The van der Waals surface area contributed by atoms with Crippen LogP contribution in [0.25, 0.3) is 0 Å². The Labute approximate surface area is 594 Å². The van der Waals surface area contributed by atoms with Crippen molar-refractivity contribution in [3.05, 3.63) is 0 Å². The Morgan fingerprint density at radius 3 is 0.701 bits per heavy atom. The average molecular weight is 1420 g/mol. The number of phosphoric acid groups is 2. The van der Waals surface area contributed by atoms with Crippen LogP contribution in [0.1, 0.15) is 402 Å². The Balaban J connectivity index is 5.24. The summed E-state index contributed by atoms with van der Waals surface area (Å²) in [7, 11) is -9.92. The van der Waals surface area contributed by atoms with Crippen LogP contribution in [0.15, 0.2) is 0 Å². The van der Waals surface area contributed by atoms with Crippen molar-refractivity contribution < 1.29 is 80.2 Å². The van der Waals surface area contributed by atoms with Gasteiger partial charge >= 0.3 is 39.5 Å². The minimum absolute atomic E-state index is 0.105. The lowest BCUT2D eigenvalue weighted by molar-refractivity contribution is -0.161. The first kappa shape index (κ1) is 95.1. The molecule has 0 aromatic rings. The van der Waals surface area contributed by atoms with Crippen LogP contribution in [0.2, 0.25) is 0 Å². The second-order valence-corrected chi connectivity index (χ2v) is 32.4. The number of unbranched alkanes of at least 4 members (excludes halogenated alkanes) is 44. The summed E-state index contributed by atoms with van der Waals surface area (Å²) >= 11 is 0. The fraction of sp³-hybridized carbons (Fsp3) is 0.949. The number of aliphatic hydroxyl groups is 1. The van der Waals surface area contributed by atoms with Crippen molar-refractivity contribution in [3.63, 3.8) is 0 Å². The van der Waals surface area contributed by atoms with E-state index in [1.54, 1.807) is 0 Å². The predicted molar refractivity (Wildman–Crippen MR) is 395 cm³/mol. The molecule has 576 valence electrons. The van der Waals surface area contributed by atoms with E-state index in [1.807, 2.05) is 0 Å². The van der Waals surface area contributed by atoms with Crippen LogP contribution in [0, 0.1) is 17.8 Å². The van der Waals surface area contributed by atoms with Gasteiger partial charge in [0.15, 0.2) is 12.2 Å². The Bertz CT molecular complexity index is 1890. The summed E-state index contributed by atoms with van der Waals surface area (Å²) in [4.78, 5) is 72.9. The number of phosphoric ester groups is 2. The first-order valence-corrected chi connectivity index (χ1v) is 43.3. The van der Waals surface area contributed by atoms with Crippen molar-refractivity contribution in [2.75, 3.05) is 39.6 Å². The molecule has 0 heterocycles. The van der Waals surface area contributed by atoms with Gasteiger partial charge in [-0.3, -0.25) is 37.3 Å². The van der Waals surface area contributed by atoms with Crippen molar-refractivity contribution in [1.82, 2.24) is 0 Å². The number of aliphatic hydroxyl groups excluding tert-OH is 1. The van der Waals surface area contributed by atoms with Crippen LogP contribution in [0.3, 0.4) is 0 Å². The van der Waals surface area contributed by atoms with Gasteiger partial charge in [0.1, 0.15) is 19.3 Å². The quantitative estimate of drug-likeness (QED) is 0.0222. The van der Waals surface area contributed by atoms with E-state index in [0.29, 0.717) is 31.6 Å². The van der Waals surface area contributed by atoms with Gasteiger partial charge in [-0.2, -0.15) is 0 Å². The highest BCUT2D eigenvalue weighted by atomic mass is 31.2. The average Bonchev–Trinajstić information content (AvgIpc) is 2.44. The van der Waals surface area contributed by atoms with Crippen molar-refractivity contribution in [3.8, 4) is 0 Å². The van der Waals surface area contributed by atoms with Crippen molar-refractivity contribution >= 4 is 39.5 Å². The highest BCUT2D eigenvalue weighted by Gasteiger charge is 2.30. The van der Waals surface area contributed by atoms with Crippen LogP contribution in [-0.4, -0.2) is 96.7 Å². The monoisotopic (exact) mass is 1420 g/mol. The molecular formula is C78H152O17P2. The van der Waals surface area contributed by atoms with Gasteiger partial charge in [-0.1, -0.05) is 350 Å². The van der Waals surface area contributed by atoms with E-state index in [2.05, 4.69) is 48.5 Å². The number of hydrogen-bond donors (Lipinski definition) is 3. The molecule has 3 N–H and O–H groups in total. The molecular weight excluding hydrogens is 1270 g/mol. The molecule has 0 aromatic heterocycles. The Morgan fingerprint density at radius 1 is 0.278 bits per heavy atom. The van der Waals surface area contributed by atoms with Crippen LogP contribution in [0.4, 0.5) is 0 Å². The van der Waals surface area contributed by atoms with Crippen LogP contribution in [0.5, 0.6) is 0 Å². The van der Waals surface area contributed by atoms with Crippen LogP contribution < -0.4 is 0 Å². The normalized spacial score (nSPS) is 14.0. The standard InChI is InChI=1S/C78H152O17P2/c1-8-9-10-11-12-13-14-15-16-19-22-25-31-38-45-52-59-75(80)88-65-73(94-77(82)61-54-47-39-32-26-23-20-17-18-21-24-29-35-42-49-56-69(2)3)67-92-96(84,85)90-63-72(79)64-91-97(86,87)93-68-74(66-89-76(81)60-53-46-41-34-37-44-51-58-71(6)7)95-78(83)62-55-48-40-33-28-27-30-36-43-50-57-70(4)5/h69-74,79H,8-68H2,1-7H3,(H,84,85)(H,86,87)/t72-,73-,74-/m1/s1. The number of carbonyl (C=O) groups is 4. The minimum Gasteiger partial charge on any atom is -0.462 e. The number of carbonyl (C=O) groups excluding carboxylic acids is 4. The van der Waals surface area contributed by atoms with E-state index in [9.17, 15) is 43.2 Å². The van der Waals surface area contributed by atoms with E-state index < -0.39 is 97.5 Å². The van der Waals surface area contributed by atoms with Gasteiger partial charge in [0.05, 0.1) is 26.4 Å². The molecule has 0 saturated carbocycles. The zero-order valence-corrected chi connectivity index (χ0v) is 65.3. The fourth-order valence-corrected chi connectivity index (χ4v) is 13.5. The van der Waals surface area contributed by atoms with E-state index in [4.69, 9.17) is 37.0 Å². The smallest absolute Gasteiger partial charge is 0.462 e.